The first-order valence-corrected chi connectivity index (χ1v) is 11.4. The Morgan fingerprint density at radius 1 is 1.00 bits per heavy atom. The van der Waals surface area contributed by atoms with Crippen molar-refractivity contribution in [1.82, 2.24) is 5.32 Å². The van der Waals surface area contributed by atoms with Crippen LogP contribution in [0.4, 0.5) is 11.4 Å². The lowest BCUT2D eigenvalue weighted by atomic mass is 10.1. The molecule has 7 nitrogen and oxygen atoms in total. The highest BCUT2D eigenvalue weighted by Gasteiger charge is 2.31. The van der Waals surface area contributed by atoms with Gasteiger partial charge in [-0.15, -0.1) is 0 Å². The van der Waals surface area contributed by atoms with Gasteiger partial charge in [-0.2, -0.15) is 0 Å². The first-order valence-electron chi connectivity index (χ1n) is 9.52. The molecular weight excluding hydrogens is 390 g/mol. The summed E-state index contributed by atoms with van der Waals surface area (Å²) in [7, 11) is -3.71. The van der Waals surface area contributed by atoms with Crippen molar-refractivity contribution < 1.29 is 18.0 Å². The molecule has 0 saturated carbocycles. The molecule has 0 heterocycles. The Kier molecular flexibility index (Phi) is 7.78. The number of nitrogens with one attached hydrogen (secondary N) is 2. The van der Waals surface area contributed by atoms with Crippen LogP contribution in [0.25, 0.3) is 0 Å². The fourth-order valence-electron chi connectivity index (χ4n) is 2.98. The third kappa shape index (κ3) is 5.80. The van der Waals surface area contributed by atoms with E-state index in [0.29, 0.717) is 23.5 Å². The minimum Gasteiger partial charge on any atom is -0.352 e. The van der Waals surface area contributed by atoms with E-state index in [1.807, 2.05) is 6.92 Å². The Morgan fingerprint density at radius 3 is 2.21 bits per heavy atom. The van der Waals surface area contributed by atoms with Gasteiger partial charge in [0.2, 0.25) is 15.9 Å². The van der Waals surface area contributed by atoms with E-state index in [1.54, 1.807) is 61.5 Å². The molecule has 29 heavy (non-hydrogen) atoms. The highest BCUT2D eigenvalue weighted by atomic mass is 32.2. The van der Waals surface area contributed by atoms with Crippen molar-refractivity contribution in [1.29, 1.82) is 0 Å². The SMILES string of the molecule is CCCNC(=O)c1ccccc1NC(=O)[C@H](CC)N(c1ccccc1)S(C)(=O)=O. The van der Waals surface area contributed by atoms with Gasteiger partial charge in [0.05, 0.1) is 23.2 Å². The molecule has 0 saturated heterocycles. The number of carbonyl (C=O) groups is 2. The van der Waals surface area contributed by atoms with Crippen molar-refractivity contribution in [2.45, 2.75) is 32.7 Å². The summed E-state index contributed by atoms with van der Waals surface area (Å²) in [6, 6.07) is 14.2. The molecule has 8 heteroatoms. The van der Waals surface area contributed by atoms with Gasteiger partial charge < -0.3 is 10.6 Å². The van der Waals surface area contributed by atoms with E-state index in [-0.39, 0.29) is 12.3 Å². The second-order valence-electron chi connectivity index (χ2n) is 6.61. The molecule has 2 N–H and O–H groups in total. The third-order valence-corrected chi connectivity index (χ3v) is 5.49. The molecule has 0 fully saturated rings. The fraction of sp³-hybridized carbons (Fsp3) is 0.333. The Labute approximate surface area is 172 Å². The second kappa shape index (κ2) is 10.1. The smallest absolute Gasteiger partial charge is 0.253 e. The van der Waals surface area contributed by atoms with Gasteiger partial charge in [0.15, 0.2) is 0 Å². The molecule has 0 aromatic heterocycles. The summed E-state index contributed by atoms with van der Waals surface area (Å²) in [6.45, 7) is 4.21. The Morgan fingerprint density at radius 2 is 1.62 bits per heavy atom. The number of anilines is 2. The maximum absolute atomic E-state index is 13.0. The topological polar surface area (TPSA) is 95.6 Å². The quantitative estimate of drug-likeness (QED) is 0.656. The van der Waals surface area contributed by atoms with Crippen molar-refractivity contribution >= 4 is 33.2 Å². The van der Waals surface area contributed by atoms with Crippen LogP contribution in [0.3, 0.4) is 0 Å². The van der Waals surface area contributed by atoms with Crippen molar-refractivity contribution in [2.24, 2.45) is 0 Å². The highest BCUT2D eigenvalue weighted by molar-refractivity contribution is 7.92. The number of hydrogen-bond donors (Lipinski definition) is 2. The van der Waals surface area contributed by atoms with E-state index in [2.05, 4.69) is 10.6 Å². The number of benzene rings is 2. The lowest BCUT2D eigenvalue weighted by molar-refractivity contribution is -0.117. The van der Waals surface area contributed by atoms with Gasteiger partial charge in [0.25, 0.3) is 5.91 Å². The number of para-hydroxylation sites is 2. The molecule has 2 aromatic carbocycles. The molecule has 0 aliphatic carbocycles. The Balaban J connectivity index is 2.34. The van der Waals surface area contributed by atoms with E-state index in [0.717, 1.165) is 17.0 Å². The second-order valence-corrected chi connectivity index (χ2v) is 8.47. The van der Waals surface area contributed by atoms with E-state index >= 15 is 0 Å². The van der Waals surface area contributed by atoms with E-state index in [4.69, 9.17) is 0 Å². The lowest BCUT2D eigenvalue weighted by Crippen LogP contribution is -2.47. The predicted molar refractivity (Wildman–Crippen MR) is 116 cm³/mol. The maximum atomic E-state index is 13.0. The zero-order valence-corrected chi connectivity index (χ0v) is 17.7. The molecule has 1 atom stereocenters. The maximum Gasteiger partial charge on any atom is 0.253 e. The van der Waals surface area contributed by atoms with Gasteiger partial charge in [-0.1, -0.05) is 44.2 Å². The van der Waals surface area contributed by atoms with Gasteiger partial charge in [-0.05, 0) is 37.1 Å². The number of sulfonamides is 1. The Bertz CT molecular complexity index is 945. The number of hydrogen-bond acceptors (Lipinski definition) is 4. The molecule has 0 bridgehead atoms. The van der Waals surface area contributed by atoms with Gasteiger partial charge in [0.1, 0.15) is 6.04 Å². The molecular formula is C21H27N3O4S. The molecule has 0 unspecified atom stereocenters. The van der Waals surface area contributed by atoms with Crippen LogP contribution < -0.4 is 14.9 Å². The molecule has 0 spiro atoms. The zero-order chi connectivity index (χ0) is 21.4. The summed E-state index contributed by atoms with van der Waals surface area (Å²) in [5, 5.41) is 5.52. The summed E-state index contributed by atoms with van der Waals surface area (Å²) in [4.78, 5) is 25.4. The van der Waals surface area contributed by atoms with Gasteiger partial charge in [-0.25, -0.2) is 8.42 Å². The van der Waals surface area contributed by atoms with Crippen LogP contribution >= 0.6 is 0 Å². The van der Waals surface area contributed by atoms with Gasteiger partial charge >= 0.3 is 0 Å². The highest BCUT2D eigenvalue weighted by Crippen LogP contribution is 2.23. The molecule has 156 valence electrons. The summed E-state index contributed by atoms with van der Waals surface area (Å²) in [5.74, 6) is -0.795. The fourth-order valence-corrected chi connectivity index (χ4v) is 4.19. The van der Waals surface area contributed by atoms with Crippen LogP contribution in [-0.4, -0.2) is 39.1 Å². The van der Waals surface area contributed by atoms with Crippen LogP contribution in [0.5, 0.6) is 0 Å². The molecule has 0 aliphatic rings. The third-order valence-electron chi connectivity index (χ3n) is 4.31. The lowest BCUT2D eigenvalue weighted by Gasteiger charge is -2.30. The number of rotatable bonds is 9. The number of nitrogens with zero attached hydrogens (tertiary/aromatic N) is 1. The average molecular weight is 418 g/mol. The molecule has 0 aliphatic heterocycles. The number of carbonyl (C=O) groups excluding carboxylic acids is 2. The van der Waals surface area contributed by atoms with Crippen molar-refractivity contribution in [3.63, 3.8) is 0 Å². The first-order chi connectivity index (χ1) is 13.8. The van der Waals surface area contributed by atoms with Crippen LogP contribution in [0.15, 0.2) is 54.6 Å². The standard InChI is InChI=1S/C21H27N3O4S/c1-4-15-22-20(25)17-13-9-10-14-18(17)23-21(26)19(5-2)24(29(3,27)28)16-11-7-6-8-12-16/h6-14,19H,4-5,15H2,1-3H3,(H,22,25)(H,23,26)/t19-/m0/s1. The van der Waals surface area contributed by atoms with Crippen molar-refractivity contribution in [2.75, 3.05) is 22.4 Å². The van der Waals surface area contributed by atoms with Gasteiger partial charge in [0, 0.05) is 6.54 Å². The number of amides is 2. The summed E-state index contributed by atoms with van der Waals surface area (Å²) in [6.07, 6.45) is 2.12. The van der Waals surface area contributed by atoms with Crippen molar-refractivity contribution in [3.05, 3.63) is 60.2 Å². The van der Waals surface area contributed by atoms with E-state index in [1.165, 1.54) is 0 Å². The van der Waals surface area contributed by atoms with Crippen LogP contribution in [0.1, 0.15) is 37.0 Å². The minimum atomic E-state index is -3.71. The zero-order valence-electron chi connectivity index (χ0n) is 16.9. The predicted octanol–water partition coefficient (Wildman–Crippen LogP) is 3.01. The molecule has 2 aromatic rings. The normalized spacial score (nSPS) is 12.1. The molecule has 0 radical (unpaired) electrons. The van der Waals surface area contributed by atoms with E-state index in [9.17, 15) is 18.0 Å². The van der Waals surface area contributed by atoms with Gasteiger partial charge in [-0.3, -0.25) is 13.9 Å². The van der Waals surface area contributed by atoms with E-state index < -0.39 is 22.0 Å². The largest absolute Gasteiger partial charge is 0.352 e. The summed E-state index contributed by atoms with van der Waals surface area (Å²) < 4.78 is 26.0. The van der Waals surface area contributed by atoms with Crippen molar-refractivity contribution in [3.8, 4) is 0 Å². The average Bonchev–Trinajstić information content (AvgIpc) is 2.70. The Hall–Kier alpha value is -2.87. The first kappa shape index (κ1) is 22.4. The van der Waals surface area contributed by atoms with Crippen LogP contribution in [0, 0.1) is 0 Å². The summed E-state index contributed by atoms with van der Waals surface area (Å²) in [5.41, 5.74) is 1.08. The molecule has 2 rings (SSSR count). The minimum absolute atomic E-state index is 0.262. The monoisotopic (exact) mass is 417 g/mol. The van der Waals surface area contributed by atoms with Crippen LogP contribution in [0.2, 0.25) is 0 Å². The van der Waals surface area contributed by atoms with Crippen LogP contribution in [-0.2, 0) is 14.8 Å². The summed E-state index contributed by atoms with van der Waals surface area (Å²) >= 11 is 0. The molecule has 2 amide bonds.